The van der Waals surface area contributed by atoms with Crippen LogP contribution in [-0.2, 0) is 0 Å². The summed E-state index contributed by atoms with van der Waals surface area (Å²) in [7, 11) is 0. The molecular formula is C21H27N7. The van der Waals surface area contributed by atoms with Gasteiger partial charge in [0.2, 0.25) is 0 Å². The lowest BCUT2D eigenvalue weighted by molar-refractivity contribution is 0.237. The van der Waals surface area contributed by atoms with Crippen LogP contribution in [0.2, 0.25) is 0 Å². The largest absolute Gasteiger partial charge is 0.399 e. The molecule has 0 saturated carbocycles. The van der Waals surface area contributed by atoms with Gasteiger partial charge in [0.05, 0.1) is 23.3 Å². The highest BCUT2D eigenvalue weighted by Crippen LogP contribution is 2.16. The number of benzene rings is 2. The highest BCUT2D eigenvalue weighted by Gasteiger charge is 2.09. The van der Waals surface area contributed by atoms with Gasteiger partial charge in [-0.2, -0.15) is 10.5 Å². The van der Waals surface area contributed by atoms with E-state index in [0.717, 1.165) is 18.8 Å². The quantitative estimate of drug-likeness (QED) is 0.600. The summed E-state index contributed by atoms with van der Waals surface area (Å²) in [6, 6.07) is 14.2. The van der Waals surface area contributed by atoms with Crippen LogP contribution in [0.5, 0.6) is 0 Å². The zero-order chi connectivity index (χ0) is 20.4. The first-order chi connectivity index (χ1) is 13.5. The van der Waals surface area contributed by atoms with Crippen LogP contribution in [0.4, 0.5) is 22.7 Å². The average molecular weight is 377 g/mol. The summed E-state index contributed by atoms with van der Waals surface area (Å²) in [5.74, 6) is 0. The van der Waals surface area contributed by atoms with Crippen molar-refractivity contribution < 1.29 is 0 Å². The average Bonchev–Trinajstić information content (AvgIpc) is 2.68. The molecule has 1 aliphatic heterocycles. The van der Waals surface area contributed by atoms with Crippen molar-refractivity contribution in [2.45, 2.75) is 19.3 Å². The Morgan fingerprint density at radius 2 is 1.32 bits per heavy atom. The molecule has 1 fully saturated rings. The molecular weight excluding hydrogens is 350 g/mol. The van der Waals surface area contributed by atoms with Gasteiger partial charge >= 0.3 is 0 Å². The molecule has 0 aliphatic carbocycles. The van der Waals surface area contributed by atoms with Gasteiger partial charge < -0.3 is 27.4 Å². The number of likely N-dealkylation sites (tertiary alicyclic amines) is 1. The Labute approximate surface area is 166 Å². The Balaban J connectivity index is 0.000000237. The van der Waals surface area contributed by atoms with Crippen molar-refractivity contribution in [2.24, 2.45) is 0 Å². The molecule has 0 radical (unpaired) electrons. The smallest absolute Gasteiger partial charge is 0.0993 e. The molecule has 28 heavy (non-hydrogen) atoms. The molecule has 0 spiro atoms. The second-order valence-electron chi connectivity index (χ2n) is 6.78. The Morgan fingerprint density at radius 1 is 0.786 bits per heavy atom. The predicted molar refractivity (Wildman–Crippen MR) is 114 cm³/mol. The second kappa shape index (κ2) is 10.7. The van der Waals surface area contributed by atoms with Crippen molar-refractivity contribution in [2.75, 3.05) is 48.7 Å². The van der Waals surface area contributed by atoms with Gasteiger partial charge in [0.1, 0.15) is 0 Å². The first kappa shape index (κ1) is 20.9. The van der Waals surface area contributed by atoms with Crippen LogP contribution in [0.25, 0.3) is 0 Å². The summed E-state index contributed by atoms with van der Waals surface area (Å²) in [5, 5.41) is 20.6. The van der Waals surface area contributed by atoms with Crippen LogP contribution in [0.15, 0.2) is 36.4 Å². The molecule has 0 unspecified atom stereocenters. The first-order valence-electron chi connectivity index (χ1n) is 9.33. The van der Waals surface area contributed by atoms with Crippen LogP contribution in [0.3, 0.4) is 0 Å². The van der Waals surface area contributed by atoms with E-state index in [2.05, 4.69) is 16.3 Å². The van der Waals surface area contributed by atoms with E-state index in [1.807, 2.05) is 18.2 Å². The molecule has 0 atom stereocenters. The lowest BCUT2D eigenvalue weighted by Gasteiger charge is -2.26. The van der Waals surface area contributed by atoms with E-state index in [1.54, 1.807) is 24.3 Å². The maximum absolute atomic E-state index is 8.87. The number of nitrogen functional groups attached to an aromatic ring is 3. The number of nitrogens with one attached hydrogen (secondary N) is 1. The van der Waals surface area contributed by atoms with Crippen LogP contribution >= 0.6 is 0 Å². The molecule has 7 nitrogen and oxygen atoms in total. The third kappa shape index (κ3) is 7.06. The normalized spacial score (nSPS) is 13.5. The van der Waals surface area contributed by atoms with Crippen LogP contribution in [-0.4, -0.2) is 31.1 Å². The van der Waals surface area contributed by atoms with Gasteiger partial charge in [0.25, 0.3) is 0 Å². The topological polar surface area (TPSA) is 141 Å². The summed E-state index contributed by atoms with van der Waals surface area (Å²) < 4.78 is 0. The van der Waals surface area contributed by atoms with Crippen LogP contribution < -0.4 is 22.5 Å². The van der Waals surface area contributed by atoms with E-state index >= 15 is 0 Å². The molecule has 0 aromatic heterocycles. The highest BCUT2D eigenvalue weighted by molar-refractivity contribution is 5.59. The lowest BCUT2D eigenvalue weighted by Crippen LogP contribution is -2.33. The number of nitriles is 2. The SMILES string of the molecule is N#Cc1cc(N)cc(N)c1.N#Cc1cc(N)cc(NCCN2CCCCC2)c1. The maximum Gasteiger partial charge on any atom is 0.0993 e. The maximum atomic E-state index is 8.87. The number of hydrogen-bond donors (Lipinski definition) is 4. The molecule has 0 bridgehead atoms. The minimum Gasteiger partial charge on any atom is -0.399 e. The van der Waals surface area contributed by atoms with Gasteiger partial charge in [-0.1, -0.05) is 6.42 Å². The fraction of sp³-hybridized carbons (Fsp3) is 0.333. The van der Waals surface area contributed by atoms with E-state index in [4.69, 9.17) is 27.7 Å². The summed E-state index contributed by atoms with van der Waals surface area (Å²) >= 11 is 0. The third-order valence-corrected chi connectivity index (χ3v) is 4.40. The lowest BCUT2D eigenvalue weighted by atomic mass is 10.1. The van der Waals surface area contributed by atoms with Crippen molar-refractivity contribution in [1.29, 1.82) is 10.5 Å². The molecule has 1 saturated heterocycles. The molecule has 2 aromatic rings. The van der Waals surface area contributed by atoms with Gasteiger partial charge in [-0.3, -0.25) is 0 Å². The first-order valence-corrected chi connectivity index (χ1v) is 9.33. The highest BCUT2D eigenvalue weighted by atomic mass is 15.1. The molecule has 1 heterocycles. The number of rotatable bonds is 4. The molecule has 3 rings (SSSR count). The van der Waals surface area contributed by atoms with E-state index in [9.17, 15) is 0 Å². The number of piperidine rings is 1. The van der Waals surface area contributed by atoms with Crippen molar-refractivity contribution in [3.05, 3.63) is 47.5 Å². The third-order valence-electron chi connectivity index (χ3n) is 4.40. The van der Waals surface area contributed by atoms with Crippen LogP contribution in [0, 0.1) is 22.7 Å². The van der Waals surface area contributed by atoms with Crippen molar-refractivity contribution >= 4 is 22.7 Å². The fourth-order valence-electron chi connectivity index (χ4n) is 3.10. The van der Waals surface area contributed by atoms with E-state index in [0.29, 0.717) is 28.2 Å². The Kier molecular flexibility index (Phi) is 7.95. The van der Waals surface area contributed by atoms with Crippen molar-refractivity contribution in [3.8, 4) is 12.1 Å². The number of nitrogens with zero attached hydrogens (tertiary/aromatic N) is 3. The summed E-state index contributed by atoms with van der Waals surface area (Å²) in [6.07, 6.45) is 4.00. The standard InChI is InChI=1S/C14H20N4.C7H7N3/c15-11-12-8-13(16)10-14(9-12)17-4-7-18-5-2-1-3-6-18;8-4-5-1-6(9)3-7(10)2-5/h8-10,17H,1-7,16H2;1-3H,9-10H2. The molecule has 146 valence electrons. The zero-order valence-electron chi connectivity index (χ0n) is 16.0. The summed E-state index contributed by atoms with van der Waals surface area (Å²) in [6.45, 7) is 4.37. The summed E-state index contributed by atoms with van der Waals surface area (Å²) in [5.41, 5.74) is 20.3. The Hall–Kier alpha value is -3.42. The van der Waals surface area contributed by atoms with Gasteiger partial charge in [0.15, 0.2) is 0 Å². The minimum atomic E-state index is 0.498. The van der Waals surface area contributed by atoms with Gasteiger partial charge in [-0.15, -0.1) is 0 Å². The number of hydrogen-bond acceptors (Lipinski definition) is 7. The molecule has 7 N–H and O–H groups in total. The number of nitrogens with two attached hydrogens (primary N) is 3. The Morgan fingerprint density at radius 3 is 1.89 bits per heavy atom. The molecule has 2 aromatic carbocycles. The van der Waals surface area contributed by atoms with Crippen molar-refractivity contribution in [3.63, 3.8) is 0 Å². The van der Waals surface area contributed by atoms with E-state index < -0.39 is 0 Å². The predicted octanol–water partition coefficient (Wildman–Crippen LogP) is 2.76. The monoisotopic (exact) mass is 377 g/mol. The molecule has 0 amide bonds. The number of anilines is 4. The molecule has 1 aliphatic rings. The Bertz CT molecular complexity index is 838. The van der Waals surface area contributed by atoms with Gasteiger partial charge in [-0.25, -0.2) is 0 Å². The minimum absolute atomic E-state index is 0.498. The van der Waals surface area contributed by atoms with Crippen LogP contribution in [0.1, 0.15) is 30.4 Å². The van der Waals surface area contributed by atoms with E-state index in [1.165, 1.54) is 32.4 Å². The summed E-state index contributed by atoms with van der Waals surface area (Å²) in [4.78, 5) is 2.48. The zero-order valence-corrected chi connectivity index (χ0v) is 16.0. The second-order valence-corrected chi connectivity index (χ2v) is 6.78. The van der Waals surface area contributed by atoms with Gasteiger partial charge in [-0.05, 0) is 62.3 Å². The van der Waals surface area contributed by atoms with Crippen molar-refractivity contribution in [1.82, 2.24) is 4.90 Å². The van der Waals surface area contributed by atoms with E-state index in [-0.39, 0.29) is 0 Å². The fourth-order valence-corrected chi connectivity index (χ4v) is 3.10. The molecule has 7 heteroatoms. The van der Waals surface area contributed by atoms with Gasteiger partial charge in [0, 0.05) is 35.8 Å².